The number of hydrogen-bond acceptors (Lipinski definition) is 2. The molecule has 0 saturated carbocycles. The first-order chi connectivity index (χ1) is 7.06. The normalized spacial score (nSPS) is 10.9. The van der Waals surface area contributed by atoms with E-state index in [1.807, 2.05) is 51.1 Å². The van der Waals surface area contributed by atoms with E-state index in [0.29, 0.717) is 0 Å². The lowest BCUT2D eigenvalue weighted by Gasteiger charge is -2.21. The van der Waals surface area contributed by atoms with E-state index in [4.69, 9.17) is 0 Å². The van der Waals surface area contributed by atoms with E-state index in [9.17, 15) is 4.79 Å². The minimum Gasteiger partial charge on any atom is -0.299 e. The van der Waals surface area contributed by atoms with E-state index in [1.165, 1.54) is 0 Å². The highest BCUT2D eigenvalue weighted by atomic mass is 16.2. The second kappa shape index (κ2) is 4.82. The minimum atomic E-state index is -0.332. The maximum Gasteiger partial charge on any atom is 0.243 e. The number of amides is 1. The summed E-state index contributed by atoms with van der Waals surface area (Å²) in [6.07, 6.45) is 0.815. The molecule has 0 saturated heterocycles. The minimum absolute atomic E-state index is 0.00820. The summed E-state index contributed by atoms with van der Waals surface area (Å²) in [5.74, 6) is 0.00820. The smallest absolute Gasteiger partial charge is 0.243 e. The molecule has 0 aliphatic heterocycles. The molecule has 0 spiro atoms. The number of hydrazine groups is 1. The van der Waals surface area contributed by atoms with Crippen molar-refractivity contribution in [2.75, 3.05) is 5.43 Å². The molecule has 1 amide bonds. The maximum absolute atomic E-state index is 11.7. The van der Waals surface area contributed by atoms with Crippen LogP contribution in [0, 0.1) is 5.41 Å². The monoisotopic (exact) mass is 206 g/mol. The predicted octanol–water partition coefficient (Wildman–Crippen LogP) is 2.57. The standard InChI is InChI=1S/C12H18N2O/c1-4-12(2,3)11(15)14-13-10-8-6-5-7-9-10/h5-9,13H,4H2,1-3H3,(H,14,15). The molecule has 0 heterocycles. The largest absolute Gasteiger partial charge is 0.299 e. The van der Waals surface area contributed by atoms with Crippen molar-refractivity contribution in [3.05, 3.63) is 30.3 Å². The van der Waals surface area contributed by atoms with Crippen molar-refractivity contribution < 1.29 is 4.79 Å². The van der Waals surface area contributed by atoms with Gasteiger partial charge in [0, 0.05) is 5.41 Å². The van der Waals surface area contributed by atoms with Gasteiger partial charge < -0.3 is 0 Å². The molecule has 0 radical (unpaired) electrons. The first kappa shape index (κ1) is 11.6. The summed E-state index contributed by atoms with van der Waals surface area (Å²) in [4.78, 5) is 11.7. The van der Waals surface area contributed by atoms with Crippen LogP contribution in [-0.4, -0.2) is 5.91 Å². The zero-order chi connectivity index (χ0) is 11.3. The number of carbonyl (C=O) groups excluding carboxylic acids is 1. The van der Waals surface area contributed by atoms with Crippen LogP contribution < -0.4 is 10.9 Å². The van der Waals surface area contributed by atoms with E-state index < -0.39 is 0 Å². The second-order valence-corrected chi connectivity index (χ2v) is 4.18. The third-order valence-electron chi connectivity index (χ3n) is 2.59. The number of nitrogens with one attached hydrogen (secondary N) is 2. The van der Waals surface area contributed by atoms with E-state index >= 15 is 0 Å². The number of para-hydroxylation sites is 1. The van der Waals surface area contributed by atoms with Crippen LogP contribution >= 0.6 is 0 Å². The molecule has 0 aliphatic rings. The van der Waals surface area contributed by atoms with Crippen molar-refractivity contribution in [2.45, 2.75) is 27.2 Å². The molecule has 0 atom stereocenters. The van der Waals surface area contributed by atoms with Crippen molar-refractivity contribution in [3.63, 3.8) is 0 Å². The van der Waals surface area contributed by atoms with Gasteiger partial charge in [0.1, 0.15) is 0 Å². The third-order valence-corrected chi connectivity index (χ3v) is 2.59. The molecule has 0 aromatic heterocycles. The van der Waals surface area contributed by atoms with Crippen molar-refractivity contribution >= 4 is 11.6 Å². The van der Waals surface area contributed by atoms with Gasteiger partial charge in [0.2, 0.25) is 5.91 Å². The lowest BCUT2D eigenvalue weighted by atomic mass is 9.90. The lowest BCUT2D eigenvalue weighted by Crippen LogP contribution is -2.39. The first-order valence-electron chi connectivity index (χ1n) is 5.18. The zero-order valence-electron chi connectivity index (χ0n) is 9.50. The highest BCUT2D eigenvalue weighted by Gasteiger charge is 2.24. The van der Waals surface area contributed by atoms with Crippen molar-refractivity contribution in [2.24, 2.45) is 5.41 Å². The fourth-order valence-electron chi connectivity index (χ4n) is 0.980. The molecule has 15 heavy (non-hydrogen) atoms. The van der Waals surface area contributed by atoms with Crippen LogP contribution in [0.15, 0.2) is 30.3 Å². The summed E-state index contributed by atoms with van der Waals surface area (Å²) < 4.78 is 0. The zero-order valence-corrected chi connectivity index (χ0v) is 9.50. The average molecular weight is 206 g/mol. The van der Waals surface area contributed by atoms with E-state index in [0.717, 1.165) is 12.1 Å². The van der Waals surface area contributed by atoms with Gasteiger partial charge in [-0.2, -0.15) is 0 Å². The van der Waals surface area contributed by atoms with Gasteiger partial charge in [0.15, 0.2) is 0 Å². The van der Waals surface area contributed by atoms with Gasteiger partial charge in [-0.25, -0.2) is 0 Å². The van der Waals surface area contributed by atoms with Crippen LogP contribution in [0.2, 0.25) is 0 Å². The molecule has 0 bridgehead atoms. The number of benzene rings is 1. The summed E-state index contributed by atoms with van der Waals surface area (Å²) in [6, 6.07) is 9.57. The lowest BCUT2D eigenvalue weighted by molar-refractivity contribution is -0.128. The van der Waals surface area contributed by atoms with Crippen LogP contribution in [0.5, 0.6) is 0 Å². The average Bonchev–Trinajstić information content (AvgIpc) is 2.27. The third kappa shape index (κ3) is 3.27. The molecule has 3 heteroatoms. The second-order valence-electron chi connectivity index (χ2n) is 4.18. The molecular formula is C12H18N2O. The van der Waals surface area contributed by atoms with Gasteiger partial charge in [-0.3, -0.25) is 15.6 Å². The van der Waals surface area contributed by atoms with Gasteiger partial charge in [0.25, 0.3) is 0 Å². The van der Waals surface area contributed by atoms with Gasteiger partial charge in [0.05, 0.1) is 5.69 Å². The van der Waals surface area contributed by atoms with E-state index in [2.05, 4.69) is 10.9 Å². The summed E-state index contributed by atoms with van der Waals surface area (Å²) in [7, 11) is 0. The number of hydrogen-bond donors (Lipinski definition) is 2. The molecule has 0 aliphatic carbocycles. The predicted molar refractivity (Wildman–Crippen MR) is 62.3 cm³/mol. The van der Waals surface area contributed by atoms with Gasteiger partial charge in [-0.15, -0.1) is 0 Å². The fourth-order valence-corrected chi connectivity index (χ4v) is 0.980. The Morgan fingerprint density at radius 2 is 1.87 bits per heavy atom. The first-order valence-corrected chi connectivity index (χ1v) is 5.18. The Bertz CT molecular complexity index is 320. The van der Waals surface area contributed by atoms with Gasteiger partial charge in [-0.1, -0.05) is 39.0 Å². The summed E-state index contributed by atoms with van der Waals surface area (Å²) >= 11 is 0. The molecule has 2 N–H and O–H groups in total. The Balaban J connectivity index is 2.48. The summed E-state index contributed by atoms with van der Waals surface area (Å²) in [6.45, 7) is 5.85. The molecule has 1 aromatic rings. The molecule has 82 valence electrons. The molecule has 0 unspecified atom stereocenters. The van der Waals surface area contributed by atoms with Crippen molar-refractivity contribution in [1.29, 1.82) is 0 Å². The Kier molecular flexibility index (Phi) is 3.72. The number of rotatable bonds is 4. The van der Waals surface area contributed by atoms with Crippen molar-refractivity contribution in [1.82, 2.24) is 5.43 Å². The highest BCUT2D eigenvalue weighted by molar-refractivity contribution is 5.82. The van der Waals surface area contributed by atoms with Crippen molar-refractivity contribution in [3.8, 4) is 0 Å². The Hall–Kier alpha value is -1.51. The number of carbonyl (C=O) groups is 1. The quantitative estimate of drug-likeness (QED) is 0.743. The van der Waals surface area contributed by atoms with Crippen LogP contribution in [-0.2, 0) is 4.79 Å². The molecule has 1 rings (SSSR count). The van der Waals surface area contributed by atoms with Crippen LogP contribution in [0.25, 0.3) is 0 Å². The Morgan fingerprint density at radius 3 is 2.40 bits per heavy atom. The Morgan fingerprint density at radius 1 is 1.27 bits per heavy atom. The molecule has 1 aromatic carbocycles. The SMILES string of the molecule is CCC(C)(C)C(=O)NNc1ccccc1. The Labute approximate surface area is 90.9 Å². The fraction of sp³-hybridized carbons (Fsp3) is 0.417. The molecule has 0 fully saturated rings. The molecule has 3 nitrogen and oxygen atoms in total. The molecular weight excluding hydrogens is 188 g/mol. The topological polar surface area (TPSA) is 41.1 Å². The van der Waals surface area contributed by atoms with E-state index in [1.54, 1.807) is 0 Å². The maximum atomic E-state index is 11.7. The van der Waals surface area contributed by atoms with Gasteiger partial charge in [-0.05, 0) is 18.6 Å². The van der Waals surface area contributed by atoms with Gasteiger partial charge >= 0.3 is 0 Å². The van der Waals surface area contributed by atoms with Crippen LogP contribution in [0.1, 0.15) is 27.2 Å². The summed E-state index contributed by atoms with van der Waals surface area (Å²) in [5, 5.41) is 0. The van der Waals surface area contributed by atoms with Crippen LogP contribution in [0.4, 0.5) is 5.69 Å². The van der Waals surface area contributed by atoms with E-state index in [-0.39, 0.29) is 11.3 Å². The highest BCUT2D eigenvalue weighted by Crippen LogP contribution is 2.19. The van der Waals surface area contributed by atoms with Crippen LogP contribution in [0.3, 0.4) is 0 Å². The number of anilines is 1. The summed E-state index contributed by atoms with van der Waals surface area (Å²) in [5.41, 5.74) is 6.14.